The molecule has 0 bridgehead atoms. The molecule has 0 radical (unpaired) electrons. The SMILES string of the molecule is CC(C)(C)OC(=O)N1CCC(Oc2ccc(OC(F)(F)F)cc2)CC1.FC(F)(F)Oc1ccc(OC2CCNCC2)cc1. The Kier molecular flexibility index (Phi) is 11.7. The molecule has 2 aliphatic rings. The van der Waals surface area contributed by atoms with Crippen LogP contribution >= 0.6 is 0 Å². The molecule has 43 heavy (non-hydrogen) atoms. The van der Waals surface area contributed by atoms with Crippen molar-refractivity contribution in [3.8, 4) is 23.0 Å². The minimum atomic E-state index is -4.71. The van der Waals surface area contributed by atoms with Gasteiger partial charge in [-0.25, -0.2) is 4.79 Å². The van der Waals surface area contributed by atoms with Crippen LogP contribution in [0, 0.1) is 0 Å². The number of hydrogen-bond acceptors (Lipinski definition) is 7. The van der Waals surface area contributed by atoms with Crippen LogP contribution < -0.4 is 24.3 Å². The topological polar surface area (TPSA) is 78.5 Å². The van der Waals surface area contributed by atoms with E-state index < -0.39 is 18.3 Å². The second-order valence-corrected chi connectivity index (χ2v) is 10.9. The molecule has 0 aromatic heterocycles. The van der Waals surface area contributed by atoms with Crippen molar-refractivity contribution in [1.82, 2.24) is 10.2 Å². The highest BCUT2D eigenvalue weighted by Gasteiger charge is 2.32. The summed E-state index contributed by atoms with van der Waals surface area (Å²) in [5.41, 5.74) is -0.537. The van der Waals surface area contributed by atoms with Crippen molar-refractivity contribution < 1.29 is 54.8 Å². The number of amides is 1. The Hall–Kier alpha value is -3.55. The summed E-state index contributed by atoms with van der Waals surface area (Å²) in [5, 5.41) is 3.21. The average molecular weight is 623 g/mol. The maximum absolute atomic E-state index is 12.1. The Morgan fingerprint density at radius 3 is 1.42 bits per heavy atom. The molecule has 0 saturated carbocycles. The summed E-state index contributed by atoms with van der Waals surface area (Å²) in [4.78, 5) is 13.6. The molecule has 2 heterocycles. The normalized spacial score (nSPS) is 16.9. The highest BCUT2D eigenvalue weighted by molar-refractivity contribution is 5.68. The van der Waals surface area contributed by atoms with Crippen LogP contribution in [0.2, 0.25) is 0 Å². The van der Waals surface area contributed by atoms with Gasteiger partial charge >= 0.3 is 18.8 Å². The lowest BCUT2D eigenvalue weighted by Crippen LogP contribution is -2.44. The van der Waals surface area contributed by atoms with E-state index in [4.69, 9.17) is 14.2 Å². The maximum atomic E-state index is 12.1. The first-order chi connectivity index (χ1) is 20.0. The molecule has 2 aromatic rings. The highest BCUT2D eigenvalue weighted by Crippen LogP contribution is 2.27. The molecule has 1 amide bonds. The maximum Gasteiger partial charge on any atom is 0.573 e. The van der Waals surface area contributed by atoms with Gasteiger partial charge in [0.25, 0.3) is 0 Å². The van der Waals surface area contributed by atoms with Crippen molar-refractivity contribution in [1.29, 1.82) is 0 Å². The lowest BCUT2D eigenvalue weighted by Gasteiger charge is -2.33. The summed E-state index contributed by atoms with van der Waals surface area (Å²) in [6.07, 6.45) is -6.64. The highest BCUT2D eigenvalue weighted by atomic mass is 19.4. The lowest BCUT2D eigenvalue weighted by molar-refractivity contribution is -0.275. The van der Waals surface area contributed by atoms with Crippen LogP contribution in [0.25, 0.3) is 0 Å². The predicted molar refractivity (Wildman–Crippen MR) is 144 cm³/mol. The van der Waals surface area contributed by atoms with Gasteiger partial charge in [-0.2, -0.15) is 0 Å². The number of halogens is 6. The Morgan fingerprint density at radius 1 is 0.674 bits per heavy atom. The van der Waals surface area contributed by atoms with E-state index in [-0.39, 0.29) is 29.8 Å². The van der Waals surface area contributed by atoms with Crippen molar-refractivity contribution in [3.63, 3.8) is 0 Å². The molecule has 0 spiro atoms. The van der Waals surface area contributed by atoms with E-state index in [1.54, 1.807) is 4.90 Å². The smallest absolute Gasteiger partial charge is 0.490 e. The molecule has 1 N–H and O–H groups in total. The fraction of sp³-hybridized carbons (Fsp3) is 0.552. The molecule has 8 nitrogen and oxygen atoms in total. The molecule has 2 saturated heterocycles. The fourth-order valence-electron chi connectivity index (χ4n) is 4.22. The number of ether oxygens (including phenoxy) is 5. The van der Waals surface area contributed by atoms with Crippen LogP contribution in [0.4, 0.5) is 31.1 Å². The van der Waals surface area contributed by atoms with Gasteiger partial charge in [-0.15, -0.1) is 26.3 Å². The number of nitrogens with zero attached hydrogens (tertiary/aromatic N) is 1. The van der Waals surface area contributed by atoms with E-state index in [1.807, 2.05) is 20.8 Å². The number of nitrogens with one attached hydrogen (secondary N) is 1. The van der Waals surface area contributed by atoms with E-state index in [1.165, 1.54) is 48.5 Å². The van der Waals surface area contributed by atoms with Gasteiger partial charge in [0.05, 0.1) is 0 Å². The summed E-state index contributed by atoms with van der Waals surface area (Å²) < 4.78 is 96.6. The Bertz CT molecular complexity index is 1120. The first kappa shape index (κ1) is 33.9. The van der Waals surface area contributed by atoms with E-state index >= 15 is 0 Å². The Balaban J connectivity index is 0.000000248. The first-order valence-electron chi connectivity index (χ1n) is 13.8. The third-order valence-corrected chi connectivity index (χ3v) is 6.10. The largest absolute Gasteiger partial charge is 0.573 e. The standard InChI is InChI=1S/C17H22F3NO4.C12H14F3NO2/c1-16(2,3)25-15(22)21-10-8-13(9-11-21)23-12-4-6-14(7-5-12)24-17(18,19)20;13-12(14,15)18-11-3-1-9(2-4-11)17-10-5-7-16-8-6-10/h4-7,13H,8-11H2,1-3H3;1-4,10,16H,5-8H2. The van der Waals surface area contributed by atoms with E-state index in [2.05, 4.69) is 14.8 Å². The van der Waals surface area contributed by atoms with Gasteiger partial charge in [0.2, 0.25) is 0 Å². The summed E-state index contributed by atoms with van der Waals surface area (Å²) in [6, 6.07) is 10.8. The van der Waals surface area contributed by atoms with Crippen LogP contribution in [-0.2, 0) is 4.74 Å². The van der Waals surface area contributed by atoms with Gasteiger partial charge in [-0.05, 0) is 95.2 Å². The third kappa shape index (κ3) is 13.5. The van der Waals surface area contributed by atoms with E-state index in [9.17, 15) is 31.1 Å². The van der Waals surface area contributed by atoms with Crippen molar-refractivity contribution in [2.45, 2.75) is 77.0 Å². The molecular weight excluding hydrogens is 586 g/mol. The van der Waals surface area contributed by atoms with Gasteiger partial charge in [0.15, 0.2) is 0 Å². The molecule has 240 valence electrons. The number of carbonyl (C=O) groups is 1. The van der Waals surface area contributed by atoms with E-state index in [0.717, 1.165) is 25.9 Å². The van der Waals surface area contributed by atoms with Crippen LogP contribution in [0.15, 0.2) is 48.5 Å². The minimum absolute atomic E-state index is 0.104. The molecule has 2 fully saturated rings. The van der Waals surface area contributed by atoms with E-state index in [0.29, 0.717) is 37.4 Å². The summed E-state index contributed by atoms with van der Waals surface area (Å²) in [6.45, 7) is 8.26. The zero-order valence-electron chi connectivity index (χ0n) is 24.1. The number of rotatable bonds is 6. The second-order valence-electron chi connectivity index (χ2n) is 10.9. The summed E-state index contributed by atoms with van der Waals surface area (Å²) in [5.74, 6) is 0.501. The van der Waals surface area contributed by atoms with Gasteiger partial charge in [0, 0.05) is 25.9 Å². The average Bonchev–Trinajstić information content (AvgIpc) is 2.90. The number of piperidine rings is 2. The molecule has 2 aromatic carbocycles. The number of hydrogen-bond donors (Lipinski definition) is 1. The number of likely N-dealkylation sites (tertiary alicyclic amines) is 1. The molecule has 0 aliphatic carbocycles. The van der Waals surface area contributed by atoms with Crippen LogP contribution in [-0.4, -0.2) is 67.7 Å². The van der Waals surface area contributed by atoms with Crippen LogP contribution in [0.3, 0.4) is 0 Å². The monoisotopic (exact) mass is 622 g/mol. The van der Waals surface area contributed by atoms with Crippen molar-refractivity contribution in [3.05, 3.63) is 48.5 Å². The zero-order valence-corrected chi connectivity index (χ0v) is 24.1. The number of benzene rings is 2. The number of carbonyl (C=O) groups excluding carboxylic acids is 1. The second kappa shape index (κ2) is 14.8. The van der Waals surface area contributed by atoms with Gasteiger partial charge < -0.3 is 33.9 Å². The first-order valence-corrected chi connectivity index (χ1v) is 13.8. The predicted octanol–water partition coefficient (Wildman–Crippen LogP) is 7.08. The summed E-state index contributed by atoms with van der Waals surface area (Å²) in [7, 11) is 0. The molecule has 0 atom stereocenters. The van der Waals surface area contributed by atoms with Gasteiger partial charge in [-0.3, -0.25) is 0 Å². The molecular formula is C29H36F6N2O6. The Morgan fingerprint density at radius 2 is 1.05 bits per heavy atom. The molecule has 2 aliphatic heterocycles. The van der Waals surface area contributed by atoms with Gasteiger partial charge in [-0.1, -0.05) is 0 Å². The quantitative estimate of drug-likeness (QED) is 0.345. The molecule has 4 rings (SSSR count). The summed E-state index contributed by atoms with van der Waals surface area (Å²) >= 11 is 0. The fourth-order valence-corrected chi connectivity index (χ4v) is 4.22. The lowest BCUT2D eigenvalue weighted by atomic mass is 10.1. The van der Waals surface area contributed by atoms with Crippen LogP contribution in [0.5, 0.6) is 23.0 Å². The van der Waals surface area contributed by atoms with Gasteiger partial charge in [0.1, 0.15) is 40.8 Å². The van der Waals surface area contributed by atoms with Crippen LogP contribution in [0.1, 0.15) is 46.5 Å². The van der Waals surface area contributed by atoms with Crippen molar-refractivity contribution in [2.75, 3.05) is 26.2 Å². The molecule has 14 heteroatoms. The zero-order chi connectivity index (χ0) is 31.7. The third-order valence-electron chi connectivity index (χ3n) is 6.10. The number of alkyl halides is 6. The molecule has 0 unspecified atom stereocenters. The van der Waals surface area contributed by atoms with Crippen molar-refractivity contribution in [2.24, 2.45) is 0 Å². The minimum Gasteiger partial charge on any atom is -0.490 e. The van der Waals surface area contributed by atoms with Crippen molar-refractivity contribution >= 4 is 6.09 Å². The Labute approximate surface area is 246 Å².